The van der Waals surface area contributed by atoms with Gasteiger partial charge in [0.05, 0.1) is 19.2 Å². The zero-order chi connectivity index (χ0) is 21.5. The second-order valence-corrected chi connectivity index (χ2v) is 5.67. The molecule has 7 nitrogen and oxygen atoms in total. The summed E-state index contributed by atoms with van der Waals surface area (Å²) in [5.41, 5.74) is 0. The van der Waals surface area contributed by atoms with E-state index in [4.69, 9.17) is 4.74 Å². The number of aliphatic hydroxyl groups excluding tert-OH is 3. The van der Waals surface area contributed by atoms with Gasteiger partial charge in [0, 0.05) is 0 Å². The monoisotopic (exact) mass is 444 g/mol. The SMILES string of the molecule is O=C([O-])COC[C@@H](O)[C@@H](O)/C=C/C=C/C#C/C=C/[C@@H](O)COc1ccc(F)cc1.[K+]. The van der Waals surface area contributed by atoms with Crippen molar-refractivity contribution in [3.63, 3.8) is 0 Å². The molecule has 3 atom stereocenters. The first-order valence-corrected chi connectivity index (χ1v) is 8.59. The van der Waals surface area contributed by atoms with E-state index in [9.17, 15) is 29.6 Å². The van der Waals surface area contributed by atoms with Crippen molar-refractivity contribution in [3.8, 4) is 17.6 Å². The Hall–Kier alpha value is -1.32. The van der Waals surface area contributed by atoms with E-state index in [1.165, 1.54) is 60.7 Å². The Balaban J connectivity index is 0.00000841. The predicted molar refractivity (Wildman–Crippen MR) is 101 cm³/mol. The summed E-state index contributed by atoms with van der Waals surface area (Å²) in [5.74, 6) is 3.99. The van der Waals surface area contributed by atoms with Crippen LogP contribution >= 0.6 is 0 Å². The Kier molecular flexibility index (Phi) is 16.6. The van der Waals surface area contributed by atoms with Gasteiger partial charge >= 0.3 is 51.4 Å². The van der Waals surface area contributed by atoms with Crippen molar-refractivity contribution < 1.29 is 90.5 Å². The Morgan fingerprint density at radius 1 is 1.07 bits per heavy atom. The molecular weight excluding hydrogens is 422 g/mol. The Morgan fingerprint density at radius 3 is 2.40 bits per heavy atom. The van der Waals surface area contributed by atoms with Crippen LogP contribution in [0.25, 0.3) is 0 Å². The molecule has 0 aromatic heterocycles. The standard InChI is InChI=1S/C21H23FO7.K/c22-16-9-11-18(12-10-16)29-13-17(23)7-5-3-1-2-4-6-8-19(24)20(25)14-28-15-21(26)27;/h2,4-12,17,19-20,23-25H,13-15H2,(H,26,27);/q;+1/p-1/b4-2+,7-5+,8-6+;/t17-,19+,20-;/m1./s1. The first-order chi connectivity index (χ1) is 13.9. The summed E-state index contributed by atoms with van der Waals surface area (Å²) >= 11 is 0. The summed E-state index contributed by atoms with van der Waals surface area (Å²) in [6.45, 7) is -1.01. The van der Waals surface area contributed by atoms with Gasteiger partial charge in [0.15, 0.2) is 0 Å². The molecule has 0 saturated carbocycles. The minimum atomic E-state index is -1.41. The molecule has 0 aliphatic carbocycles. The van der Waals surface area contributed by atoms with Crippen LogP contribution in [-0.4, -0.2) is 59.4 Å². The third-order valence-electron chi connectivity index (χ3n) is 3.22. The minimum absolute atomic E-state index is 0. The number of ether oxygens (including phenoxy) is 2. The molecule has 0 heterocycles. The minimum Gasteiger partial charge on any atom is -0.548 e. The van der Waals surface area contributed by atoms with Gasteiger partial charge in [-0.1, -0.05) is 30.1 Å². The van der Waals surface area contributed by atoms with Crippen molar-refractivity contribution in [2.24, 2.45) is 0 Å². The van der Waals surface area contributed by atoms with Crippen LogP contribution in [0.15, 0.2) is 60.7 Å². The van der Waals surface area contributed by atoms with Gasteiger partial charge in [-0.05, 0) is 42.5 Å². The summed E-state index contributed by atoms with van der Waals surface area (Å²) in [7, 11) is 0. The third kappa shape index (κ3) is 14.6. The van der Waals surface area contributed by atoms with Crippen LogP contribution in [0.3, 0.4) is 0 Å². The van der Waals surface area contributed by atoms with Gasteiger partial charge in [-0.3, -0.25) is 0 Å². The van der Waals surface area contributed by atoms with Crippen molar-refractivity contribution in [1.82, 2.24) is 0 Å². The molecule has 1 aromatic carbocycles. The molecule has 0 fully saturated rings. The second kappa shape index (κ2) is 17.4. The molecule has 156 valence electrons. The topological polar surface area (TPSA) is 119 Å². The number of aliphatic carboxylic acids is 1. The van der Waals surface area contributed by atoms with Gasteiger partial charge in [-0.25, -0.2) is 4.39 Å². The summed E-state index contributed by atoms with van der Waals surface area (Å²) in [6.07, 6.45) is 5.24. The van der Waals surface area contributed by atoms with Crippen molar-refractivity contribution in [2.75, 3.05) is 19.8 Å². The number of rotatable bonds is 11. The number of hydrogen-bond acceptors (Lipinski definition) is 7. The average molecular weight is 444 g/mol. The average Bonchev–Trinajstić information content (AvgIpc) is 2.69. The Morgan fingerprint density at radius 2 is 1.73 bits per heavy atom. The molecular formula is C21H22FKO7. The largest absolute Gasteiger partial charge is 1.00 e. The maximum Gasteiger partial charge on any atom is 1.00 e. The Labute approximate surface area is 216 Å². The summed E-state index contributed by atoms with van der Waals surface area (Å²) in [6, 6.07) is 5.43. The van der Waals surface area contributed by atoms with Crippen LogP contribution in [0, 0.1) is 17.7 Å². The number of carboxylic acid groups (broad SMARTS) is 1. The van der Waals surface area contributed by atoms with Crippen molar-refractivity contribution in [1.29, 1.82) is 0 Å². The van der Waals surface area contributed by atoms with Gasteiger partial charge < -0.3 is 34.7 Å². The number of allylic oxidation sites excluding steroid dienone is 4. The summed E-state index contributed by atoms with van der Waals surface area (Å²) in [4.78, 5) is 10.2. The molecule has 9 heteroatoms. The van der Waals surface area contributed by atoms with Gasteiger partial charge in [-0.15, -0.1) is 0 Å². The number of carbonyl (C=O) groups is 1. The fourth-order valence-corrected chi connectivity index (χ4v) is 1.79. The maximum atomic E-state index is 12.8. The number of aliphatic hydroxyl groups is 3. The van der Waals surface area contributed by atoms with E-state index >= 15 is 0 Å². The molecule has 0 amide bonds. The first kappa shape index (κ1) is 28.7. The normalized spacial score (nSPS) is 14.1. The van der Waals surface area contributed by atoms with Gasteiger partial charge in [-0.2, -0.15) is 0 Å². The molecule has 0 unspecified atom stereocenters. The van der Waals surface area contributed by atoms with E-state index in [2.05, 4.69) is 16.6 Å². The van der Waals surface area contributed by atoms with Crippen LogP contribution in [0.2, 0.25) is 0 Å². The number of benzene rings is 1. The molecule has 0 bridgehead atoms. The van der Waals surface area contributed by atoms with Crippen LogP contribution in [0.5, 0.6) is 5.75 Å². The fourth-order valence-electron chi connectivity index (χ4n) is 1.79. The van der Waals surface area contributed by atoms with E-state index in [1.54, 1.807) is 0 Å². The fraction of sp³-hybridized carbons (Fsp3) is 0.286. The first-order valence-electron chi connectivity index (χ1n) is 8.59. The molecule has 0 saturated heterocycles. The van der Waals surface area contributed by atoms with Gasteiger partial charge in [0.25, 0.3) is 0 Å². The predicted octanol–water partition coefficient (Wildman–Crippen LogP) is -3.27. The van der Waals surface area contributed by atoms with Crippen molar-refractivity contribution >= 4 is 5.97 Å². The van der Waals surface area contributed by atoms with Gasteiger partial charge in [0.2, 0.25) is 0 Å². The molecule has 0 aliphatic heterocycles. The van der Waals surface area contributed by atoms with E-state index < -0.39 is 30.9 Å². The molecule has 3 N–H and O–H groups in total. The molecule has 0 spiro atoms. The van der Waals surface area contributed by atoms with E-state index in [0.717, 1.165) is 0 Å². The zero-order valence-corrected chi connectivity index (χ0v) is 19.6. The third-order valence-corrected chi connectivity index (χ3v) is 3.22. The van der Waals surface area contributed by atoms with Crippen molar-refractivity contribution in [2.45, 2.75) is 18.3 Å². The van der Waals surface area contributed by atoms with Crippen LogP contribution < -0.4 is 61.2 Å². The number of halogens is 1. The quantitative estimate of drug-likeness (QED) is 0.186. The molecule has 1 rings (SSSR count). The van der Waals surface area contributed by atoms with Crippen LogP contribution in [-0.2, 0) is 9.53 Å². The number of hydrogen-bond donors (Lipinski definition) is 3. The Bertz CT molecular complexity index is 766. The summed E-state index contributed by atoms with van der Waals surface area (Å²) < 4.78 is 22.7. The van der Waals surface area contributed by atoms with Crippen LogP contribution in [0.1, 0.15) is 0 Å². The number of carbonyl (C=O) groups excluding carboxylic acids is 1. The second-order valence-electron chi connectivity index (χ2n) is 5.67. The maximum absolute atomic E-state index is 12.8. The smallest absolute Gasteiger partial charge is 0.548 e. The molecule has 0 radical (unpaired) electrons. The van der Waals surface area contributed by atoms with Crippen LogP contribution in [0.4, 0.5) is 4.39 Å². The molecule has 1 aromatic rings. The molecule has 0 aliphatic rings. The molecule has 30 heavy (non-hydrogen) atoms. The number of carboxylic acids is 1. The van der Waals surface area contributed by atoms with Gasteiger partial charge in [0.1, 0.15) is 36.5 Å². The van der Waals surface area contributed by atoms with E-state index in [0.29, 0.717) is 5.75 Å². The summed E-state index contributed by atoms with van der Waals surface area (Å²) in [5, 5.41) is 39.0. The zero-order valence-electron chi connectivity index (χ0n) is 16.5. The van der Waals surface area contributed by atoms with E-state index in [1.807, 2.05) is 0 Å². The van der Waals surface area contributed by atoms with Crippen molar-refractivity contribution in [3.05, 3.63) is 66.5 Å². The van der Waals surface area contributed by atoms with E-state index in [-0.39, 0.29) is 70.4 Å².